The number of anilines is 1. The number of hydrogen-bond donors (Lipinski definition) is 2. The molecule has 2 saturated carbocycles. The first-order valence-electron chi connectivity index (χ1n) is 11.9. The quantitative estimate of drug-likeness (QED) is 0.548. The van der Waals surface area contributed by atoms with Gasteiger partial charge in [0.2, 0.25) is 0 Å². The van der Waals surface area contributed by atoms with Gasteiger partial charge in [-0.2, -0.15) is 0 Å². The molecule has 0 radical (unpaired) electrons. The van der Waals surface area contributed by atoms with Gasteiger partial charge in [-0.1, -0.05) is 6.92 Å². The lowest BCUT2D eigenvalue weighted by molar-refractivity contribution is -0.274. The molecule has 2 heterocycles. The number of methoxy groups -OCH3 is 1. The molecule has 3 fully saturated rings. The highest BCUT2D eigenvalue weighted by molar-refractivity contribution is 6.04. The Hall–Kier alpha value is -2.33. The topological polar surface area (TPSA) is 99.0 Å². The van der Waals surface area contributed by atoms with E-state index < -0.39 is 12.1 Å². The summed E-state index contributed by atoms with van der Waals surface area (Å²) in [4.78, 5) is 11.3. The van der Waals surface area contributed by atoms with E-state index >= 15 is 0 Å². The van der Waals surface area contributed by atoms with Gasteiger partial charge in [-0.15, -0.1) is 13.2 Å². The maximum atomic E-state index is 12.7. The van der Waals surface area contributed by atoms with Crippen molar-refractivity contribution < 1.29 is 22.6 Å². The van der Waals surface area contributed by atoms with Crippen molar-refractivity contribution in [1.29, 1.82) is 0 Å². The summed E-state index contributed by atoms with van der Waals surface area (Å²) < 4.78 is 47.6. The molecule has 7 nitrogen and oxygen atoms in total. The lowest BCUT2D eigenvalue weighted by atomic mass is 10.0. The fourth-order valence-electron chi connectivity index (χ4n) is 5.45. The molecule has 2 aliphatic carbocycles. The molecule has 1 aliphatic heterocycles. The zero-order valence-corrected chi connectivity index (χ0v) is 19.9. The molecule has 34 heavy (non-hydrogen) atoms. The van der Waals surface area contributed by atoms with Gasteiger partial charge in [-0.3, -0.25) is 9.89 Å². The Morgan fingerprint density at radius 3 is 2.65 bits per heavy atom. The number of nitrogen functional groups attached to an aromatic ring is 1. The van der Waals surface area contributed by atoms with Gasteiger partial charge in [0, 0.05) is 61.4 Å². The van der Waals surface area contributed by atoms with Gasteiger partial charge in [0.25, 0.3) is 0 Å². The molecule has 3 unspecified atom stereocenters. The Bertz CT molecular complexity index is 939. The van der Waals surface area contributed by atoms with Crippen LogP contribution in [-0.4, -0.2) is 60.3 Å². The molecule has 4 rings (SSSR count). The number of aliphatic imine (C=N–C) groups is 1. The summed E-state index contributed by atoms with van der Waals surface area (Å²) in [5.74, 6) is 0.548. The average molecular weight is 482 g/mol. The van der Waals surface area contributed by atoms with E-state index in [0.29, 0.717) is 41.2 Å². The number of fused-ring (bicyclic) bond motifs is 1. The monoisotopic (exact) mass is 481 g/mol. The number of likely N-dealkylation sites (tertiary alicyclic amines) is 1. The van der Waals surface area contributed by atoms with Crippen molar-refractivity contribution in [2.45, 2.75) is 64.1 Å². The zero-order valence-electron chi connectivity index (χ0n) is 19.9. The molecule has 0 bridgehead atoms. The molecule has 4 N–H and O–H groups in total. The smallest absolute Gasteiger partial charge is 0.402 e. The summed E-state index contributed by atoms with van der Waals surface area (Å²) in [6.07, 6.45) is 2.86. The fraction of sp³-hybridized carbons (Fsp3) is 0.667. The summed E-state index contributed by atoms with van der Waals surface area (Å²) in [7, 11) is 1.78. The minimum Gasteiger partial charge on any atom is -0.402 e. The first-order valence-corrected chi connectivity index (χ1v) is 11.9. The van der Waals surface area contributed by atoms with E-state index in [1.54, 1.807) is 13.2 Å². The van der Waals surface area contributed by atoms with Crippen LogP contribution in [0.4, 0.5) is 19.0 Å². The third kappa shape index (κ3) is 5.49. The summed E-state index contributed by atoms with van der Waals surface area (Å²) >= 11 is 0. The average Bonchev–Trinajstić information content (AvgIpc) is 3.12. The second kappa shape index (κ2) is 9.73. The van der Waals surface area contributed by atoms with Crippen LogP contribution in [0.2, 0.25) is 0 Å². The highest BCUT2D eigenvalue weighted by Gasteiger charge is 2.58. The first kappa shape index (κ1) is 24.8. The fourth-order valence-corrected chi connectivity index (χ4v) is 5.45. The number of nitrogens with two attached hydrogens (primary N) is 2. The number of rotatable bonds is 8. The van der Waals surface area contributed by atoms with E-state index in [1.807, 2.05) is 0 Å². The van der Waals surface area contributed by atoms with Crippen LogP contribution in [0.1, 0.15) is 45.1 Å². The normalized spacial score (nSPS) is 30.9. The number of nitrogens with zero attached hydrogens (tertiary/aromatic N) is 3. The minimum atomic E-state index is -4.86. The SMILES string of the molecule is CCC(C)N=C(C=C(N)c1cnc(N)c(OC(F)(F)F)c1)C1[C@H]2CC(N3CC[C@H](OC)C3)C[C@@H]12. The predicted octanol–water partition coefficient (Wildman–Crippen LogP) is 3.85. The number of alkyl halides is 3. The van der Waals surface area contributed by atoms with Crippen LogP contribution in [0.5, 0.6) is 5.75 Å². The maximum absolute atomic E-state index is 12.7. The van der Waals surface area contributed by atoms with Gasteiger partial charge in [-0.05, 0) is 56.6 Å². The van der Waals surface area contributed by atoms with Crippen LogP contribution in [0.15, 0.2) is 23.3 Å². The van der Waals surface area contributed by atoms with Crippen molar-refractivity contribution in [3.8, 4) is 5.75 Å². The lowest BCUT2D eigenvalue weighted by Crippen LogP contribution is -2.34. The molecule has 3 aliphatic rings. The molecule has 1 saturated heterocycles. The van der Waals surface area contributed by atoms with Crippen molar-refractivity contribution in [3.63, 3.8) is 0 Å². The molecular weight excluding hydrogens is 447 g/mol. The van der Waals surface area contributed by atoms with Gasteiger partial charge in [0.1, 0.15) is 0 Å². The van der Waals surface area contributed by atoms with Crippen molar-refractivity contribution in [1.82, 2.24) is 9.88 Å². The van der Waals surface area contributed by atoms with Crippen LogP contribution in [0, 0.1) is 17.8 Å². The van der Waals surface area contributed by atoms with Gasteiger partial charge < -0.3 is 20.9 Å². The second-order valence-corrected chi connectivity index (χ2v) is 9.69. The van der Waals surface area contributed by atoms with E-state index in [0.717, 1.165) is 44.5 Å². The Morgan fingerprint density at radius 2 is 2.06 bits per heavy atom. The highest BCUT2D eigenvalue weighted by Crippen LogP contribution is 2.59. The van der Waals surface area contributed by atoms with Crippen LogP contribution in [0.3, 0.4) is 0 Å². The molecular formula is C24H34F3N5O2. The number of pyridine rings is 1. The molecule has 188 valence electrons. The summed E-state index contributed by atoms with van der Waals surface area (Å²) in [5, 5.41) is 0. The molecule has 10 heteroatoms. The van der Waals surface area contributed by atoms with Crippen LogP contribution >= 0.6 is 0 Å². The lowest BCUT2D eigenvalue weighted by Gasteiger charge is -2.26. The molecule has 1 aromatic rings. The van der Waals surface area contributed by atoms with E-state index in [9.17, 15) is 13.2 Å². The van der Waals surface area contributed by atoms with Gasteiger partial charge in [-0.25, -0.2) is 4.98 Å². The molecule has 1 aromatic heterocycles. The standard InChI is InChI=1S/C24H34F3N5O2/c1-4-13(2)31-20(10-19(28)14-7-21(23(29)30-11-14)34-24(25,26)27)22-17-8-15(9-18(17)22)32-6-5-16(12-32)33-3/h7,10-11,13,15-18,22H,4-6,8-9,12,28H2,1-3H3,(H2,29,30)/t13?,15?,16-,17-,18+,22?/m0/s1. The third-order valence-electron chi connectivity index (χ3n) is 7.49. The number of ether oxygens (including phenoxy) is 2. The Kier molecular flexibility index (Phi) is 7.09. The largest absolute Gasteiger partial charge is 0.573 e. The van der Waals surface area contributed by atoms with Crippen molar-refractivity contribution in [3.05, 3.63) is 23.9 Å². The van der Waals surface area contributed by atoms with Crippen LogP contribution in [0.25, 0.3) is 5.70 Å². The van der Waals surface area contributed by atoms with E-state index in [-0.39, 0.29) is 11.9 Å². The minimum absolute atomic E-state index is 0.130. The Morgan fingerprint density at radius 1 is 1.35 bits per heavy atom. The molecule has 0 aromatic carbocycles. The summed E-state index contributed by atoms with van der Waals surface area (Å²) in [5.41, 5.74) is 13.4. The zero-order chi connectivity index (χ0) is 24.6. The highest BCUT2D eigenvalue weighted by atomic mass is 19.4. The molecule has 0 amide bonds. The number of halogens is 3. The predicted molar refractivity (Wildman–Crippen MR) is 125 cm³/mol. The van der Waals surface area contributed by atoms with Crippen molar-refractivity contribution in [2.24, 2.45) is 28.5 Å². The van der Waals surface area contributed by atoms with Gasteiger partial charge in [0.05, 0.1) is 6.10 Å². The summed E-state index contributed by atoms with van der Waals surface area (Å²) in [6, 6.07) is 1.89. The summed E-state index contributed by atoms with van der Waals surface area (Å²) in [6.45, 7) is 6.21. The van der Waals surface area contributed by atoms with Gasteiger partial charge in [0.15, 0.2) is 11.6 Å². The van der Waals surface area contributed by atoms with Crippen LogP contribution < -0.4 is 16.2 Å². The molecule has 6 atom stereocenters. The van der Waals surface area contributed by atoms with E-state index in [4.69, 9.17) is 21.2 Å². The second-order valence-electron chi connectivity index (χ2n) is 9.69. The number of hydrogen-bond acceptors (Lipinski definition) is 7. The van der Waals surface area contributed by atoms with Crippen molar-refractivity contribution in [2.75, 3.05) is 25.9 Å². The Balaban J connectivity index is 1.49. The maximum Gasteiger partial charge on any atom is 0.573 e. The van der Waals surface area contributed by atoms with E-state index in [2.05, 4.69) is 28.5 Å². The first-order chi connectivity index (χ1) is 16.1. The van der Waals surface area contributed by atoms with Crippen LogP contribution in [-0.2, 0) is 4.74 Å². The molecule has 0 spiro atoms. The number of aromatic nitrogens is 1. The Labute approximate surface area is 198 Å². The van der Waals surface area contributed by atoms with Crippen molar-refractivity contribution >= 4 is 17.2 Å². The van der Waals surface area contributed by atoms with E-state index in [1.165, 1.54) is 12.3 Å². The van der Waals surface area contributed by atoms with Gasteiger partial charge >= 0.3 is 6.36 Å². The number of allylic oxidation sites excluding steroid dienone is 1. The third-order valence-corrected chi connectivity index (χ3v) is 7.49.